The normalized spacial score (nSPS) is 10.8. The van der Waals surface area contributed by atoms with Crippen LogP contribution in [0.15, 0.2) is 23.7 Å². The fourth-order valence-corrected chi connectivity index (χ4v) is 2.65. The minimum atomic E-state index is -0.917. The number of amides is 2. The Bertz CT molecular complexity index is 654. The van der Waals surface area contributed by atoms with Crippen molar-refractivity contribution < 1.29 is 14.7 Å². The molecule has 6 nitrogen and oxygen atoms in total. The Morgan fingerprint density at radius 1 is 1.43 bits per heavy atom. The molecule has 1 aromatic carbocycles. The fourth-order valence-electron chi connectivity index (χ4n) is 1.94. The van der Waals surface area contributed by atoms with Crippen molar-refractivity contribution in [3.05, 3.63) is 23.7 Å². The molecular formula is C14H17N3O3S. The van der Waals surface area contributed by atoms with E-state index in [1.807, 2.05) is 26.0 Å². The molecule has 0 atom stereocenters. The summed E-state index contributed by atoms with van der Waals surface area (Å²) in [4.78, 5) is 28.6. The van der Waals surface area contributed by atoms with E-state index >= 15 is 0 Å². The van der Waals surface area contributed by atoms with E-state index in [0.717, 1.165) is 10.2 Å². The number of nitrogens with zero attached hydrogens (tertiary/aromatic N) is 2. The second-order valence-electron chi connectivity index (χ2n) is 4.90. The predicted octanol–water partition coefficient (Wildman–Crippen LogP) is 3.01. The van der Waals surface area contributed by atoms with Crippen molar-refractivity contribution in [2.75, 3.05) is 11.9 Å². The topological polar surface area (TPSA) is 82.5 Å². The smallest absolute Gasteiger partial charge is 0.322 e. The summed E-state index contributed by atoms with van der Waals surface area (Å²) < 4.78 is 0.995. The van der Waals surface area contributed by atoms with Crippen molar-refractivity contribution in [2.24, 2.45) is 0 Å². The molecule has 0 unspecified atom stereocenters. The van der Waals surface area contributed by atoms with Crippen molar-refractivity contribution in [1.82, 2.24) is 9.88 Å². The Hall–Kier alpha value is -2.15. The zero-order valence-electron chi connectivity index (χ0n) is 11.9. The average Bonchev–Trinajstić information content (AvgIpc) is 2.85. The molecule has 2 amide bonds. The van der Waals surface area contributed by atoms with Gasteiger partial charge >= 0.3 is 12.0 Å². The van der Waals surface area contributed by atoms with Crippen LogP contribution < -0.4 is 5.32 Å². The van der Waals surface area contributed by atoms with Crippen molar-refractivity contribution in [3.8, 4) is 0 Å². The average molecular weight is 307 g/mol. The van der Waals surface area contributed by atoms with Gasteiger partial charge in [0.1, 0.15) is 0 Å². The van der Waals surface area contributed by atoms with Gasteiger partial charge in [0.15, 0.2) is 0 Å². The van der Waals surface area contributed by atoms with Crippen molar-refractivity contribution >= 4 is 39.2 Å². The summed E-state index contributed by atoms with van der Waals surface area (Å²) in [5.41, 5.74) is 3.33. The lowest BCUT2D eigenvalue weighted by Crippen LogP contribution is -2.41. The Kier molecular flexibility index (Phi) is 4.74. The number of fused-ring (bicyclic) bond motifs is 1. The minimum Gasteiger partial charge on any atom is -0.481 e. The Morgan fingerprint density at radius 3 is 2.86 bits per heavy atom. The standard InChI is InChI=1S/C14H17N3O3S/c1-9(2)17(6-5-13(18)19)14(20)16-10-3-4-11-12(7-10)21-8-15-11/h3-4,7-9H,5-6H2,1-2H3,(H,16,20)(H,18,19). The van der Waals surface area contributed by atoms with Crippen LogP contribution in [0, 0.1) is 0 Å². The number of aliphatic carboxylic acids is 1. The highest BCUT2D eigenvalue weighted by Crippen LogP contribution is 2.22. The van der Waals surface area contributed by atoms with Crippen LogP contribution in [0.3, 0.4) is 0 Å². The quantitative estimate of drug-likeness (QED) is 0.889. The summed E-state index contributed by atoms with van der Waals surface area (Å²) in [6.07, 6.45) is -0.0700. The van der Waals surface area contributed by atoms with Crippen LogP contribution >= 0.6 is 11.3 Å². The third kappa shape index (κ3) is 3.91. The zero-order chi connectivity index (χ0) is 15.4. The Morgan fingerprint density at radius 2 is 2.19 bits per heavy atom. The van der Waals surface area contributed by atoms with Crippen molar-refractivity contribution in [2.45, 2.75) is 26.3 Å². The number of carboxylic acids is 1. The molecular weight excluding hydrogens is 290 g/mol. The van der Waals surface area contributed by atoms with Gasteiger partial charge in [-0.3, -0.25) is 4.79 Å². The van der Waals surface area contributed by atoms with Crippen LogP contribution in [0.5, 0.6) is 0 Å². The second-order valence-corrected chi connectivity index (χ2v) is 5.78. The fraction of sp³-hybridized carbons (Fsp3) is 0.357. The maximum Gasteiger partial charge on any atom is 0.322 e. The first-order chi connectivity index (χ1) is 9.97. The number of hydrogen-bond donors (Lipinski definition) is 2. The molecule has 0 saturated heterocycles. The monoisotopic (exact) mass is 307 g/mol. The maximum atomic E-state index is 12.3. The van der Waals surface area contributed by atoms with Gasteiger partial charge in [0.05, 0.1) is 22.1 Å². The van der Waals surface area contributed by atoms with Gasteiger partial charge in [-0.05, 0) is 32.0 Å². The molecule has 0 radical (unpaired) electrons. The highest BCUT2D eigenvalue weighted by molar-refractivity contribution is 7.16. The number of rotatable bonds is 5. The molecule has 0 aliphatic heterocycles. The Balaban J connectivity index is 2.08. The number of anilines is 1. The van der Waals surface area contributed by atoms with Crippen LogP contribution in [0.25, 0.3) is 10.2 Å². The van der Waals surface area contributed by atoms with Crippen LogP contribution in [0.1, 0.15) is 20.3 Å². The van der Waals surface area contributed by atoms with E-state index in [9.17, 15) is 9.59 Å². The van der Waals surface area contributed by atoms with Gasteiger partial charge in [-0.15, -0.1) is 11.3 Å². The molecule has 2 N–H and O–H groups in total. The first kappa shape index (κ1) is 15.2. The summed E-state index contributed by atoms with van der Waals surface area (Å²) in [6, 6.07) is 5.13. The van der Waals surface area contributed by atoms with Crippen LogP contribution in [0.2, 0.25) is 0 Å². The number of aromatic nitrogens is 1. The van der Waals surface area contributed by atoms with E-state index in [4.69, 9.17) is 5.11 Å². The second kappa shape index (κ2) is 6.53. The van der Waals surface area contributed by atoms with Gasteiger partial charge in [-0.25, -0.2) is 9.78 Å². The number of nitrogens with one attached hydrogen (secondary N) is 1. The first-order valence-corrected chi connectivity index (χ1v) is 7.48. The van der Waals surface area contributed by atoms with Gasteiger partial charge in [0.2, 0.25) is 0 Å². The van der Waals surface area contributed by atoms with Gasteiger partial charge in [0.25, 0.3) is 0 Å². The number of carboxylic acid groups (broad SMARTS) is 1. The Labute approximate surface area is 126 Å². The SMILES string of the molecule is CC(C)N(CCC(=O)O)C(=O)Nc1ccc2ncsc2c1. The molecule has 0 aliphatic rings. The highest BCUT2D eigenvalue weighted by Gasteiger charge is 2.18. The van der Waals surface area contributed by atoms with E-state index < -0.39 is 5.97 Å². The number of carbonyl (C=O) groups excluding carboxylic acids is 1. The number of thiazole rings is 1. The van der Waals surface area contributed by atoms with E-state index in [1.54, 1.807) is 11.6 Å². The van der Waals surface area contributed by atoms with Crippen molar-refractivity contribution in [1.29, 1.82) is 0 Å². The summed E-state index contributed by atoms with van der Waals surface area (Å²) in [6.45, 7) is 3.89. The summed E-state index contributed by atoms with van der Waals surface area (Å²) in [5.74, 6) is -0.917. The molecule has 0 spiro atoms. The van der Waals surface area contributed by atoms with Gasteiger partial charge in [0, 0.05) is 18.3 Å². The number of benzene rings is 1. The lowest BCUT2D eigenvalue weighted by atomic mass is 10.3. The van der Waals surface area contributed by atoms with E-state index in [2.05, 4.69) is 10.3 Å². The molecule has 2 aromatic rings. The number of hydrogen-bond acceptors (Lipinski definition) is 4. The van der Waals surface area contributed by atoms with Gasteiger partial charge in [-0.1, -0.05) is 0 Å². The van der Waals surface area contributed by atoms with Gasteiger partial charge < -0.3 is 15.3 Å². The highest BCUT2D eigenvalue weighted by atomic mass is 32.1. The molecule has 1 aromatic heterocycles. The maximum absolute atomic E-state index is 12.3. The third-order valence-electron chi connectivity index (χ3n) is 3.03. The third-order valence-corrected chi connectivity index (χ3v) is 3.83. The van der Waals surface area contributed by atoms with Crippen LogP contribution in [-0.4, -0.2) is 39.6 Å². The van der Waals surface area contributed by atoms with Crippen LogP contribution in [-0.2, 0) is 4.79 Å². The molecule has 0 saturated carbocycles. The molecule has 0 aliphatic carbocycles. The molecule has 1 heterocycles. The summed E-state index contributed by atoms with van der Waals surface area (Å²) in [5, 5.41) is 11.5. The lowest BCUT2D eigenvalue weighted by molar-refractivity contribution is -0.137. The summed E-state index contributed by atoms with van der Waals surface area (Å²) in [7, 11) is 0. The first-order valence-electron chi connectivity index (χ1n) is 6.60. The molecule has 0 fully saturated rings. The zero-order valence-corrected chi connectivity index (χ0v) is 12.7. The predicted molar refractivity (Wildman–Crippen MR) is 82.7 cm³/mol. The molecule has 112 valence electrons. The number of urea groups is 1. The minimum absolute atomic E-state index is 0.0700. The lowest BCUT2D eigenvalue weighted by Gasteiger charge is -2.26. The molecule has 2 rings (SSSR count). The van der Waals surface area contributed by atoms with Crippen molar-refractivity contribution in [3.63, 3.8) is 0 Å². The molecule has 21 heavy (non-hydrogen) atoms. The number of carbonyl (C=O) groups is 2. The summed E-state index contributed by atoms with van der Waals surface area (Å²) >= 11 is 1.50. The molecule has 7 heteroatoms. The largest absolute Gasteiger partial charge is 0.481 e. The molecule has 0 bridgehead atoms. The van der Waals surface area contributed by atoms with E-state index in [-0.39, 0.29) is 25.0 Å². The van der Waals surface area contributed by atoms with Crippen LogP contribution in [0.4, 0.5) is 10.5 Å². The van der Waals surface area contributed by atoms with E-state index in [0.29, 0.717) is 5.69 Å². The van der Waals surface area contributed by atoms with E-state index in [1.165, 1.54) is 16.2 Å². The van der Waals surface area contributed by atoms with Gasteiger partial charge in [-0.2, -0.15) is 0 Å².